The second-order valence-corrected chi connectivity index (χ2v) is 8.30. The Balaban J connectivity index is 1.58. The van der Waals surface area contributed by atoms with E-state index in [9.17, 15) is 5.11 Å². The van der Waals surface area contributed by atoms with E-state index in [2.05, 4.69) is 40.1 Å². The molecule has 0 unspecified atom stereocenters. The summed E-state index contributed by atoms with van der Waals surface area (Å²) in [5.74, 6) is 3.48. The number of ether oxygens (including phenoxy) is 1. The molecule has 3 aromatic rings. The van der Waals surface area contributed by atoms with E-state index in [0.29, 0.717) is 12.5 Å². The van der Waals surface area contributed by atoms with Gasteiger partial charge in [-0.25, -0.2) is 9.97 Å². The fraction of sp³-hybridized carbons (Fsp3) is 0.417. The Morgan fingerprint density at radius 1 is 1.20 bits per heavy atom. The molecular formula is C24H28N4O2. The lowest BCUT2D eigenvalue weighted by Crippen LogP contribution is -2.31. The molecule has 1 saturated carbocycles. The quantitative estimate of drug-likeness (QED) is 0.678. The normalized spacial score (nSPS) is 15.9. The summed E-state index contributed by atoms with van der Waals surface area (Å²) in [6.45, 7) is 2.45. The number of aromatic nitrogens is 2. The molecule has 1 fully saturated rings. The van der Waals surface area contributed by atoms with Gasteiger partial charge >= 0.3 is 0 Å². The van der Waals surface area contributed by atoms with Crippen LogP contribution in [0.1, 0.15) is 35.7 Å². The van der Waals surface area contributed by atoms with Gasteiger partial charge in [-0.05, 0) is 49.1 Å². The Kier molecular flexibility index (Phi) is 4.95. The summed E-state index contributed by atoms with van der Waals surface area (Å²) in [4.78, 5) is 14.4. The molecule has 2 aromatic carbocycles. The van der Waals surface area contributed by atoms with Crippen molar-refractivity contribution in [3.8, 4) is 5.75 Å². The molecule has 5 rings (SSSR count). The Labute approximate surface area is 177 Å². The van der Waals surface area contributed by atoms with Gasteiger partial charge in [0.05, 0.1) is 19.2 Å². The maximum atomic E-state index is 9.33. The second kappa shape index (κ2) is 7.76. The van der Waals surface area contributed by atoms with Crippen molar-refractivity contribution in [1.82, 2.24) is 9.97 Å². The summed E-state index contributed by atoms with van der Waals surface area (Å²) < 4.78 is 5.58. The van der Waals surface area contributed by atoms with Gasteiger partial charge in [-0.2, -0.15) is 0 Å². The first kappa shape index (κ1) is 19.1. The van der Waals surface area contributed by atoms with Crippen LogP contribution >= 0.6 is 0 Å². The number of hydrogen-bond acceptors (Lipinski definition) is 6. The highest BCUT2D eigenvalue weighted by Crippen LogP contribution is 2.41. The van der Waals surface area contributed by atoms with Crippen LogP contribution in [-0.2, 0) is 13.0 Å². The summed E-state index contributed by atoms with van der Waals surface area (Å²) in [5, 5.41) is 10.4. The Morgan fingerprint density at radius 3 is 2.83 bits per heavy atom. The number of aliphatic hydroxyl groups excluding tert-OH is 1. The first-order valence-electron chi connectivity index (χ1n) is 10.7. The van der Waals surface area contributed by atoms with Gasteiger partial charge < -0.3 is 19.6 Å². The van der Waals surface area contributed by atoms with E-state index < -0.39 is 0 Å². The predicted molar refractivity (Wildman–Crippen MR) is 120 cm³/mol. The Morgan fingerprint density at radius 2 is 2.07 bits per heavy atom. The van der Waals surface area contributed by atoms with Gasteiger partial charge in [0.1, 0.15) is 17.4 Å². The molecule has 1 aliphatic carbocycles. The molecule has 2 heterocycles. The molecule has 30 heavy (non-hydrogen) atoms. The maximum Gasteiger partial charge on any atom is 0.140 e. The lowest BCUT2D eigenvalue weighted by molar-refractivity contribution is 0.304. The van der Waals surface area contributed by atoms with Crippen LogP contribution in [0.5, 0.6) is 5.75 Å². The van der Waals surface area contributed by atoms with Crippen LogP contribution in [-0.4, -0.2) is 48.9 Å². The van der Waals surface area contributed by atoms with Gasteiger partial charge in [0.15, 0.2) is 0 Å². The molecule has 156 valence electrons. The van der Waals surface area contributed by atoms with Gasteiger partial charge in [-0.15, -0.1) is 0 Å². The van der Waals surface area contributed by atoms with Crippen molar-refractivity contribution in [2.45, 2.75) is 31.7 Å². The van der Waals surface area contributed by atoms with Crippen LogP contribution in [0, 0.1) is 0 Å². The number of rotatable bonds is 6. The van der Waals surface area contributed by atoms with E-state index in [1.165, 1.54) is 24.0 Å². The smallest absolute Gasteiger partial charge is 0.140 e. The monoisotopic (exact) mass is 404 g/mol. The average Bonchev–Trinajstić information content (AvgIpc) is 3.63. The third-order valence-corrected chi connectivity index (χ3v) is 6.24. The third-order valence-electron chi connectivity index (χ3n) is 6.24. The zero-order valence-corrected chi connectivity index (χ0v) is 17.6. The lowest BCUT2D eigenvalue weighted by Gasteiger charge is -2.31. The van der Waals surface area contributed by atoms with E-state index in [-0.39, 0.29) is 6.61 Å². The summed E-state index contributed by atoms with van der Waals surface area (Å²) in [6.07, 6.45) is 3.30. The van der Waals surface area contributed by atoms with Crippen LogP contribution in [0.25, 0.3) is 10.9 Å². The molecule has 0 spiro atoms. The SMILES string of the molecule is COc1cccc2c1CCN(c1nc(C3CC3)nc3ccc(N(C)CCO)cc13)C2. The van der Waals surface area contributed by atoms with Crippen LogP contribution < -0.4 is 14.5 Å². The van der Waals surface area contributed by atoms with Crippen molar-refractivity contribution in [2.24, 2.45) is 0 Å². The number of fused-ring (bicyclic) bond motifs is 2. The molecular weight excluding hydrogens is 376 g/mol. The minimum atomic E-state index is 0.128. The van der Waals surface area contributed by atoms with Crippen molar-refractivity contribution < 1.29 is 9.84 Å². The fourth-order valence-corrected chi connectivity index (χ4v) is 4.35. The minimum absolute atomic E-state index is 0.128. The topological polar surface area (TPSA) is 61.7 Å². The van der Waals surface area contributed by atoms with E-state index in [1.807, 2.05) is 13.1 Å². The molecule has 2 aliphatic rings. The Bertz CT molecular complexity index is 1080. The van der Waals surface area contributed by atoms with Gasteiger partial charge in [0, 0.05) is 49.2 Å². The molecule has 1 N–H and O–H groups in total. The number of hydrogen-bond donors (Lipinski definition) is 1. The largest absolute Gasteiger partial charge is 0.496 e. The van der Waals surface area contributed by atoms with Crippen molar-refractivity contribution in [2.75, 3.05) is 43.7 Å². The van der Waals surface area contributed by atoms with Crippen molar-refractivity contribution in [3.05, 3.63) is 53.3 Å². The molecule has 6 heteroatoms. The van der Waals surface area contributed by atoms with Crippen LogP contribution in [0.3, 0.4) is 0 Å². The number of methoxy groups -OCH3 is 1. The number of likely N-dealkylation sites (N-methyl/N-ethyl adjacent to an activating group) is 1. The first-order chi connectivity index (χ1) is 14.7. The number of anilines is 2. The molecule has 1 aromatic heterocycles. The highest BCUT2D eigenvalue weighted by Gasteiger charge is 2.29. The van der Waals surface area contributed by atoms with E-state index in [1.54, 1.807) is 7.11 Å². The Hall–Kier alpha value is -2.86. The molecule has 0 bridgehead atoms. The van der Waals surface area contributed by atoms with E-state index >= 15 is 0 Å². The van der Waals surface area contributed by atoms with Crippen molar-refractivity contribution >= 4 is 22.4 Å². The summed E-state index contributed by atoms with van der Waals surface area (Å²) in [5.41, 5.74) is 4.67. The third kappa shape index (κ3) is 3.45. The number of benzene rings is 2. The summed E-state index contributed by atoms with van der Waals surface area (Å²) >= 11 is 0. The maximum absolute atomic E-state index is 9.33. The van der Waals surface area contributed by atoms with Gasteiger partial charge in [-0.3, -0.25) is 0 Å². The molecule has 0 amide bonds. The highest BCUT2D eigenvalue weighted by atomic mass is 16.5. The number of nitrogens with zero attached hydrogens (tertiary/aromatic N) is 4. The number of aliphatic hydroxyl groups is 1. The zero-order chi connectivity index (χ0) is 20.7. The summed E-state index contributed by atoms with van der Waals surface area (Å²) in [6, 6.07) is 12.6. The van der Waals surface area contributed by atoms with Crippen molar-refractivity contribution in [1.29, 1.82) is 0 Å². The first-order valence-corrected chi connectivity index (χ1v) is 10.7. The zero-order valence-electron chi connectivity index (χ0n) is 17.6. The van der Waals surface area contributed by atoms with Gasteiger partial charge in [0.25, 0.3) is 0 Å². The highest BCUT2D eigenvalue weighted by molar-refractivity contribution is 5.92. The molecule has 1 aliphatic heterocycles. The molecule has 0 radical (unpaired) electrons. The molecule has 0 atom stereocenters. The van der Waals surface area contributed by atoms with Crippen molar-refractivity contribution in [3.63, 3.8) is 0 Å². The fourth-order valence-electron chi connectivity index (χ4n) is 4.35. The van der Waals surface area contributed by atoms with Crippen LogP contribution in [0.4, 0.5) is 11.5 Å². The van der Waals surface area contributed by atoms with E-state index in [4.69, 9.17) is 14.7 Å². The van der Waals surface area contributed by atoms with Gasteiger partial charge in [-0.1, -0.05) is 12.1 Å². The molecule has 6 nitrogen and oxygen atoms in total. The van der Waals surface area contributed by atoms with Crippen LogP contribution in [0.15, 0.2) is 36.4 Å². The average molecular weight is 405 g/mol. The van der Waals surface area contributed by atoms with Gasteiger partial charge in [0.2, 0.25) is 0 Å². The standard InChI is InChI=1S/C24H28N4O2/c1-27(12-13-29)18-8-9-21-20(14-18)24(26-23(25-21)16-6-7-16)28-11-10-19-17(15-28)4-3-5-22(19)30-2/h3-5,8-9,14,16,29H,6-7,10-13,15H2,1-2H3. The second-order valence-electron chi connectivity index (χ2n) is 8.30. The van der Waals surface area contributed by atoms with Crippen LogP contribution in [0.2, 0.25) is 0 Å². The predicted octanol–water partition coefficient (Wildman–Crippen LogP) is 3.51. The molecule has 0 saturated heterocycles. The minimum Gasteiger partial charge on any atom is -0.496 e. The summed E-state index contributed by atoms with van der Waals surface area (Å²) in [7, 11) is 3.74. The lowest BCUT2D eigenvalue weighted by atomic mass is 9.98. The van der Waals surface area contributed by atoms with E-state index in [0.717, 1.165) is 53.5 Å².